The van der Waals surface area contributed by atoms with E-state index in [-0.39, 0.29) is 17.7 Å². The van der Waals surface area contributed by atoms with Gasteiger partial charge in [-0.25, -0.2) is 0 Å². The van der Waals surface area contributed by atoms with Gasteiger partial charge in [0.25, 0.3) is 0 Å². The Hall–Kier alpha value is -2.04. The molecule has 22 heavy (non-hydrogen) atoms. The minimum atomic E-state index is -0.752. The van der Waals surface area contributed by atoms with Crippen molar-refractivity contribution >= 4 is 17.6 Å². The molecule has 2 N–H and O–H groups in total. The van der Waals surface area contributed by atoms with Crippen molar-refractivity contribution in [3.8, 4) is 5.75 Å². The van der Waals surface area contributed by atoms with E-state index in [1.807, 2.05) is 26.0 Å². The molecule has 1 fully saturated rings. The fourth-order valence-corrected chi connectivity index (χ4v) is 3.11. The average molecular weight is 305 g/mol. The third-order valence-electron chi connectivity index (χ3n) is 4.51. The van der Waals surface area contributed by atoms with Gasteiger partial charge in [-0.2, -0.15) is 0 Å². The smallest absolute Gasteiger partial charge is 0.306 e. The van der Waals surface area contributed by atoms with Crippen LogP contribution in [0.1, 0.15) is 36.8 Å². The highest BCUT2D eigenvalue weighted by atomic mass is 16.5. The zero-order valence-electron chi connectivity index (χ0n) is 13.3. The van der Waals surface area contributed by atoms with Crippen molar-refractivity contribution in [1.82, 2.24) is 0 Å². The van der Waals surface area contributed by atoms with Crippen LogP contribution in [0.3, 0.4) is 0 Å². The van der Waals surface area contributed by atoms with Crippen LogP contribution in [0.15, 0.2) is 12.1 Å². The van der Waals surface area contributed by atoms with Gasteiger partial charge in [0.05, 0.1) is 13.0 Å². The first-order chi connectivity index (χ1) is 10.4. The number of carbonyl (C=O) groups excluding carboxylic acids is 1. The fraction of sp³-hybridized carbons (Fsp3) is 0.529. The first-order valence-electron chi connectivity index (χ1n) is 7.62. The molecule has 0 radical (unpaired) electrons. The van der Waals surface area contributed by atoms with Gasteiger partial charge >= 0.3 is 5.97 Å². The number of carbonyl (C=O) groups is 2. The lowest BCUT2D eigenvalue weighted by molar-refractivity contribution is -0.143. The lowest BCUT2D eigenvalue weighted by Gasteiger charge is -2.25. The summed E-state index contributed by atoms with van der Waals surface area (Å²) in [5.74, 6) is -0.407. The molecule has 0 atom stereocenters. The Morgan fingerprint density at radius 1 is 1.14 bits per heavy atom. The molecule has 1 aliphatic rings. The molecule has 0 saturated heterocycles. The summed E-state index contributed by atoms with van der Waals surface area (Å²) in [4.78, 5) is 23.3. The summed E-state index contributed by atoms with van der Waals surface area (Å²) in [6.07, 6.45) is 2.41. The molecule has 0 aromatic heterocycles. The van der Waals surface area contributed by atoms with Crippen LogP contribution in [0, 0.1) is 25.7 Å². The number of methoxy groups -OCH3 is 1. The van der Waals surface area contributed by atoms with Gasteiger partial charge in [-0.05, 0) is 51.2 Å². The Balaban J connectivity index is 2.03. The van der Waals surface area contributed by atoms with Gasteiger partial charge in [0.1, 0.15) is 5.75 Å². The van der Waals surface area contributed by atoms with Crippen LogP contribution in [-0.4, -0.2) is 24.1 Å². The van der Waals surface area contributed by atoms with Crippen molar-refractivity contribution in [2.45, 2.75) is 39.5 Å². The summed E-state index contributed by atoms with van der Waals surface area (Å²) >= 11 is 0. The van der Waals surface area contributed by atoms with Crippen LogP contribution in [0.2, 0.25) is 0 Å². The molecular weight excluding hydrogens is 282 g/mol. The number of rotatable bonds is 4. The van der Waals surface area contributed by atoms with Crippen LogP contribution in [0.5, 0.6) is 5.75 Å². The summed E-state index contributed by atoms with van der Waals surface area (Å²) in [6.45, 7) is 3.88. The Morgan fingerprint density at radius 2 is 1.73 bits per heavy atom. The van der Waals surface area contributed by atoms with E-state index in [9.17, 15) is 9.59 Å². The lowest BCUT2D eigenvalue weighted by Crippen LogP contribution is -2.29. The number of nitrogens with one attached hydrogen (secondary N) is 1. The predicted octanol–water partition coefficient (Wildman–Crippen LogP) is 3.14. The van der Waals surface area contributed by atoms with Crippen molar-refractivity contribution in [1.29, 1.82) is 0 Å². The molecule has 0 unspecified atom stereocenters. The van der Waals surface area contributed by atoms with E-state index < -0.39 is 5.97 Å². The first-order valence-corrected chi connectivity index (χ1v) is 7.62. The van der Waals surface area contributed by atoms with Crippen LogP contribution in [-0.2, 0) is 9.59 Å². The second-order valence-electron chi connectivity index (χ2n) is 5.96. The quantitative estimate of drug-likeness (QED) is 0.896. The Bertz CT molecular complexity index is 574. The molecular formula is C17H23NO4. The van der Waals surface area contributed by atoms with Crippen LogP contribution < -0.4 is 10.1 Å². The third kappa shape index (κ3) is 3.40. The summed E-state index contributed by atoms with van der Waals surface area (Å²) in [5.41, 5.74) is 2.70. The van der Waals surface area contributed by atoms with Crippen molar-refractivity contribution in [2.24, 2.45) is 11.8 Å². The molecule has 0 spiro atoms. The number of aliphatic carboxylic acids is 1. The number of aryl methyl sites for hydroxylation is 1. The minimum absolute atomic E-state index is 0.0298. The number of hydrogen-bond acceptors (Lipinski definition) is 3. The number of ether oxygens (including phenoxy) is 1. The highest BCUT2D eigenvalue weighted by Crippen LogP contribution is 2.32. The fourth-order valence-electron chi connectivity index (χ4n) is 3.11. The average Bonchev–Trinajstić information content (AvgIpc) is 2.50. The largest absolute Gasteiger partial charge is 0.496 e. The molecule has 5 heteroatoms. The molecule has 2 rings (SSSR count). The maximum Gasteiger partial charge on any atom is 0.306 e. The van der Waals surface area contributed by atoms with Gasteiger partial charge in [-0.15, -0.1) is 0 Å². The molecule has 1 aliphatic carbocycles. The minimum Gasteiger partial charge on any atom is -0.496 e. The summed E-state index contributed by atoms with van der Waals surface area (Å²) in [5, 5.41) is 12.0. The van der Waals surface area contributed by atoms with Gasteiger partial charge in [-0.3, -0.25) is 9.59 Å². The predicted molar refractivity (Wildman–Crippen MR) is 84.2 cm³/mol. The Labute approximate surface area is 130 Å². The SMILES string of the molecule is COc1c(C)ccc(NC(=O)C2CCC(C(=O)O)CC2)c1C. The van der Waals surface area contributed by atoms with E-state index in [2.05, 4.69) is 5.32 Å². The summed E-state index contributed by atoms with van der Waals surface area (Å²) in [7, 11) is 1.62. The van der Waals surface area contributed by atoms with E-state index in [4.69, 9.17) is 9.84 Å². The van der Waals surface area contributed by atoms with Crippen molar-refractivity contribution in [3.63, 3.8) is 0 Å². The molecule has 120 valence electrons. The van der Waals surface area contributed by atoms with Crippen molar-refractivity contribution < 1.29 is 19.4 Å². The van der Waals surface area contributed by atoms with E-state index in [1.54, 1.807) is 7.11 Å². The van der Waals surface area contributed by atoms with E-state index in [0.717, 1.165) is 22.6 Å². The van der Waals surface area contributed by atoms with Crippen molar-refractivity contribution in [3.05, 3.63) is 23.3 Å². The molecule has 0 bridgehead atoms. The standard InChI is InChI=1S/C17H23NO4/c1-10-4-9-14(11(2)15(10)22-3)18-16(19)12-5-7-13(8-6-12)17(20)21/h4,9,12-13H,5-8H2,1-3H3,(H,18,19)(H,20,21). The van der Waals surface area contributed by atoms with Gasteiger partial charge in [0.2, 0.25) is 5.91 Å². The first kappa shape index (κ1) is 16.3. The highest BCUT2D eigenvalue weighted by molar-refractivity contribution is 5.93. The van der Waals surface area contributed by atoms with Crippen molar-refractivity contribution in [2.75, 3.05) is 12.4 Å². The molecule has 1 aromatic rings. The second kappa shape index (κ2) is 6.81. The van der Waals surface area contributed by atoms with Crippen LogP contribution >= 0.6 is 0 Å². The number of carboxylic acids is 1. The number of anilines is 1. The molecule has 1 aromatic carbocycles. The zero-order chi connectivity index (χ0) is 16.3. The number of benzene rings is 1. The number of amides is 1. The van der Waals surface area contributed by atoms with Gasteiger partial charge in [-0.1, -0.05) is 6.07 Å². The monoisotopic (exact) mass is 305 g/mol. The van der Waals surface area contributed by atoms with Gasteiger partial charge < -0.3 is 15.2 Å². The second-order valence-corrected chi connectivity index (χ2v) is 5.96. The van der Waals surface area contributed by atoms with E-state index in [0.29, 0.717) is 25.7 Å². The van der Waals surface area contributed by atoms with E-state index >= 15 is 0 Å². The zero-order valence-corrected chi connectivity index (χ0v) is 13.3. The topological polar surface area (TPSA) is 75.6 Å². The maximum absolute atomic E-state index is 12.4. The Kier molecular flexibility index (Phi) is 5.06. The summed E-state index contributed by atoms with van der Waals surface area (Å²) in [6, 6.07) is 3.80. The molecule has 1 saturated carbocycles. The van der Waals surface area contributed by atoms with Crippen LogP contribution in [0.25, 0.3) is 0 Å². The number of hydrogen-bond donors (Lipinski definition) is 2. The molecule has 5 nitrogen and oxygen atoms in total. The van der Waals surface area contributed by atoms with Crippen LogP contribution in [0.4, 0.5) is 5.69 Å². The molecule has 1 amide bonds. The normalized spacial score (nSPS) is 21.2. The van der Waals surface area contributed by atoms with E-state index in [1.165, 1.54) is 0 Å². The molecule has 0 heterocycles. The molecule has 0 aliphatic heterocycles. The lowest BCUT2D eigenvalue weighted by atomic mass is 9.81. The Morgan fingerprint density at radius 3 is 2.27 bits per heavy atom. The maximum atomic E-state index is 12.4. The highest BCUT2D eigenvalue weighted by Gasteiger charge is 2.30. The summed E-state index contributed by atoms with van der Waals surface area (Å²) < 4.78 is 5.37. The van der Waals surface area contributed by atoms with Gasteiger partial charge in [0, 0.05) is 17.2 Å². The van der Waals surface area contributed by atoms with Gasteiger partial charge in [0.15, 0.2) is 0 Å². The third-order valence-corrected chi connectivity index (χ3v) is 4.51. The number of carboxylic acid groups (broad SMARTS) is 1.